The first-order valence-electron chi connectivity index (χ1n) is 5.25. The van der Waals surface area contributed by atoms with Crippen LogP contribution in [0, 0.1) is 0 Å². The summed E-state index contributed by atoms with van der Waals surface area (Å²) in [4.78, 5) is 19.6. The van der Waals surface area contributed by atoms with Crippen molar-refractivity contribution in [2.24, 2.45) is 0 Å². The number of pyridine rings is 2. The third-order valence-corrected chi connectivity index (χ3v) is 2.61. The number of nitrogens with zero attached hydrogens (tertiary/aromatic N) is 2. The van der Waals surface area contributed by atoms with Crippen LogP contribution in [0.15, 0.2) is 36.8 Å². The number of aromatic nitrogens is 2. The number of anilines is 1. The quantitative estimate of drug-likeness (QED) is 0.824. The standard InChI is InChI=1S/C12H11ClN4O/c13-11-10(5-9(14)7-16-11)12(18)17-6-8-1-3-15-4-2-8/h1-5,7H,6,14H2,(H,17,18). The van der Waals surface area contributed by atoms with Crippen LogP contribution in [-0.4, -0.2) is 15.9 Å². The van der Waals surface area contributed by atoms with Gasteiger partial charge in [-0.15, -0.1) is 0 Å². The van der Waals surface area contributed by atoms with E-state index in [2.05, 4.69) is 15.3 Å². The van der Waals surface area contributed by atoms with E-state index in [4.69, 9.17) is 17.3 Å². The van der Waals surface area contributed by atoms with Crippen LogP contribution in [0.2, 0.25) is 5.15 Å². The lowest BCUT2D eigenvalue weighted by atomic mass is 10.2. The molecule has 0 aliphatic rings. The lowest BCUT2D eigenvalue weighted by molar-refractivity contribution is 0.0950. The molecule has 0 aliphatic carbocycles. The summed E-state index contributed by atoms with van der Waals surface area (Å²) in [5.41, 5.74) is 7.18. The van der Waals surface area contributed by atoms with Gasteiger partial charge in [-0.3, -0.25) is 9.78 Å². The highest BCUT2D eigenvalue weighted by molar-refractivity contribution is 6.32. The van der Waals surface area contributed by atoms with Crippen LogP contribution in [0.4, 0.5) is 5.69 Å². The Kier molecular flexibility index (Phi) is 3.74. The minimum atomic E-state index is -0.309. The highest BCUT2D eigenvalue weighted by Gasteiger charge is 2.11. The SMILES string of the molecule is Nc1cnc(Cl)c(C(=O)NCc2ccncc2)c1. The molecule has 0 saturated carbocycles. The molecular weight excluding hydrogens is 252 g/mol. The van der Waals surface area contributed by atoms with Gasteiger partial charge >= 0.3 is 0 Å². The minimum absolute atomic E-state index is 0.136. The topological polar surface area (TPSA) is 80.9 Å². The largest absolute Gasteiger partial charge is 0.397 e. The molecule has 0 spiro atoms. The molecule has 0 bridgehead atoms. The molecule has 5 nitrogen and oxygen atoms in total. The summed E-state index contributed by atoms with van der Waals surface area (Å²) in [7, 11) is 0. The van der Waals surface area contributed by atoms with Crippen molar-refractivity contribution < 1.29 is 4.79 Å². The van der Waals surface area contributed by atoms with E-state index >= 15 is 0 Å². The Labute approximate surface area is 109 Å². The first-order chi connectivity index (χ1) is 8.66. The molecule has 0 aliphatic heterocycles. The molecule has 92 valence electrons. The average Bonchev–Trinajstić information content (AvgIpc) is 2.40. The molecule has 0 radical (unpaired) electrons. The number of rotatable bonds is 3. The second-order valence-corrected chi connectivity index (χ2v) is 4.00. The van der Waals surface area contributed by atoms with E-state index < -0.39 is 0 Å². The Morgan fingerprint density at radius 1 is 1.39 bits per heavy atom. The molecule has 0 aromatic carbocycles. The first-order valence-corrected chi connectivity index (χ1v) is 5.63. The van der Waals surface area contributed by atoms with Gasteiger partial charge in [0.25, 0.3) is 5.91 Å². The molecule has 18 heavy (non-hydrogen) atoms. The van der Waals surface area contributed by atoms with Crippen molar-refractivity contribution >= 4 is 23.2 Å². The lowest BCUT2D eigenvalue weighted by Gasteiger charge is -2.06. The van der Waals surface area contributed by atoms with Crippen molar-refractivity contribution in [2.75, 3.05) is 5.73 Å². The van der Waals surface area contributed by atoms with Gasteiger partial charge in [0.1, 0.15) is 5.15 Å². The number of hydrogen-bond acceptors (Lipinski definition) is 4. The van der Waals surface area contributed by atoms with E-state index in [0.29, 0.717) is 12.2 Å². The Balaban J connectivity index is 2.06. The smallest absolute Gasteiger partial charge is 0.254 e. The molecule has 2 aromatic rings. The number of nitrogen functional groups attached to an aromatic ring is 1. The first kappa shape index (κ1) is 12.3. The van der Waals surface area contributed by atoms with Crippen molar-refractivity contribution in [1.29, 1.82) is 0 Å². The summed E-state index contributed by atoms with van der Waals surface area (Å²) in [6, 6.07) is 5.14. The summed E-state index contributed by atoms with van der Waals surface area (Å²) < 4.78 is 0. The number of halogens is 1. The predicted octanol–water partition coefficient (Wildman–Crippen LogP) is 1.64. The minimum Gasteiger partial charge on any atom is -0.397 e. The van der Waals surface area contributed by atoms with Crippen LogP contribution in [-0.2, 0) is 6.54 Å². The fourth-order valence-corrected chi connectivity index (χ4v) is 1.59. The van der Waals surface area contributed by atoms with Gasteiger partial charge in [-0.1, -0.05) is 11.6 Å². The molecule has 2 heterocycles. The number of carbonyl (C=O) groups is 1. The molecule has 0 atom stereocenters. The van der Waals surface area contributed by atoms with Gasteiger partial charge in [0.15, 0.2) is 0 Å². The maximum absolute atomic E-state index is 11.9. The van der Waals surface area contributed by atoms with E-state index in [1.807, 2.05) is 12.1 Å². The van der Waals surface area contributed by atoms with Crippen LogP contribution in [0.3, 0.4) is 0 Å². The Morgan fingerprint density at radius 2 is 2.11 bits per heavy atom. The predicted molar refractivity (Wildman–Crippen MR) is 69.1 cm³/mol. The van der Waals surface area contributed by atoms with Gasteiger partial charge in [0.05, 0.1) is 17.4 Å². The molecular formula is C12H11ClN4O. The van der Waals surface area contributed by atoms with E-state index in [0.717, 1.165) is 5.56 Å². The van der Waals surface area contributed by atoms with Crippen molar-refractivity contribution in [1.82, 2.24) is 15.3 Å². The zero-order chi connectivity index (χ0) is 13.0. The van der Waals surface area contributed by atoms with Crippen LogP contribution >= 0.6 is 11.6 Å². The van der Waals surface area contributed by atoms with Crippen LogP contribution < -0.4 is 11.1 Å². The maximum atomic E-state index is 11.9. The van der Waals surface area contributed by atoms with Crippen molar-refractivity contribution in [3.8, 4) is 0 Å². The normalized spacial score (nSPS) is 10.1. The molecule has 0 unspecified atom stereocenters. The summed E-state index contributed by atoms with van der Waals surface area (Å²) in [5, 5.41) is 2.87. The number of hydrogen-bond donors (Lipinski definition) is 2. The molecule has 0 fully saturated rings. The zero-order valence-corrected chi connectivity index (χ0v) is 10.2. The molecule has 1 amide bonds. The second-order valence-electron chi connectivity index (χ2n) is 3.65. The summed E-state index contributed by atoms with van der Waals surface area (Å²) >= 11 is 5.84. The third kappa shape index (κ3) is 2.95. The summed E-state index contributed by atoms with van der Waals surface area (Å²) in [6.07, 6.45) is 4.73. The van der Waals surface area contributed by atoms with E-state index in [-0.39, 0.29) is 16.6 Å². The highest BCUT2D eigenvalue weighted by atomic mass is 35.5. The molecule has 2 aromatic heterocycles. The van der Waals surface area contributed by atoms with Crippen molar-refractivity contribution in [2.45, 2.75) is 6.54 Å². The number of amides is 1. The van der Waals surface area contributed by atoms with Gasteiger partial charge in [-0.25, -0.2) is 4.98 Å². The van der Waals surface area contributed by atoms with E-state index in [1.54, 1.807) is 12.4 Å². The molecule has 0 saturated heterocycles. The fraction of sp³-hybridized carbons (Fsp3) is 0.0833. The molecule has 2 rings (SSSR count). The second kappa shape index (κ2) is 5.46. The maximum Gasteiger partial charge on any atom is 0.254 e. The third-order valence-electron chi connectivity index (χ3n) is 2.31. The van der Waals surface area contributed by atoms with Gasteiger partial charge in [-0.2, -0.15) is 0 Å². The fourth-order valence-electron chi connectivity index (χ4n) is 1.40. The van der Waals surface area contributed by atoms with E-state index in [9.17, 15) is 4.79 Å². The number of nitrogens with two attached hydrogens (primary N) is 1. The van der Waals surface area contributed by atoms with Gasteiger partial charge < -0.3 is 11.1 Å². The summed E-state index contributed by atoms with van der Waals surface area (Å²) in [5.74, 6) is -0.309. The Hall–Kier alpha value is -2.14. The number of nitrogens with one attached hydrogen (secondary N) is 1. The average molecular weight is 263 g/mol. The van der Waals surface area contributed by atoms with Gasteiger partial charge in [-0.05, 0) is 23.8 Å². The lowest BCUT2D eigenvalue weighted by Crippen LogP contribution is -2.23. The van der Waals surface area contributed by atoms with Crippen LogP contribution in [0.25, 0.3) is 0 Å². The van der Waals surface area contributed by atoms with Crippen molar-refractivity contribution in [3.05, 3.63) is 53.1 Å². The van der Waals surface area contributed by atoms with Gasteiger partial charge in [0.2, 0.25) is 0 Å². The van der Waals surface area contributed by atoms with Crippen LogP contribution in [0.1, 0.15) is 15.9 Å². The zero-order valence-electron chi connectivity index (χ0n) is 9.43. The van der Waals surface area contributed by atoms with Crippen molar-refractivity contribution in [3.63, 3.8) is 0 Å². The van der Waals surface area contributed by atoms with E-state index in [1.165, 1.54) is 12.3 Å². The number of carbonyl (C=O) groups excluding carboxylic acids is 1. The van der Waals surface area contributed by atoms with Crippen LogP contribution in [0.5, 0.6) is 0 Å². The van der Waals surface area contributed by atoms with Gasteiger partial charge in [0, 0.05) is 18.9 Å². The molecule has 3 N–H and O–H groups in total. The Bertz CT molecular complexity index is 559. The summed E-state index contributed by atoms with van der Waals surface area (Å²) in [6.45, 7) is 0.395. The highest BCUT2D eigenvalue weighted by Crippen LogP contribution is 2.15. The molecule has 6 heteroatoms. The monoisotopic (exact) mass is 262 g/mol. The Morgan fingerprint density at radius 3 is 2.83 bits per heavy atom.